The first-order valence-electron chi connectivity index (χ1n) is 7.81. The van der Waals surface area contributed by atoms with Gasteiger partial charge in [0.05, 0.1) is 5.56 Å². The molecule has 1 N–H and O–H groups in total. The molecule has 24 heavy (non-hydrogen) atoms. The zero-order chi connectivity index (χ0) is 17.5. The van der Waals surface area contributed by atoms with E-state index in [2.05, 4.69) is 5.32 Å². The number of carbonyl (C=O) groups excluding carboxylic acids is 2. The van der Waals surface area contributed by atoms with Crippen molar-refractivity contribution in [2.45, 2.75) is 20.4 Å². The summed E-state index contributed by atoms with van der Waals surface area (Å²) >= 11 is 0. The molecule has 5 heteroatoms. The molecule has 0 aromatic heterocycles. The summed E-state index contributed by atoms with van der Waals surface area (Å²) in [6, 6.07) is 13.7. The molecular weight excluding hydrogens is 307 g/mol. The standard InChI is InChI=1S/C19H21FN2O2/c1-14-6-5-7-16(12-14)13-22(15(2)23)11-10-21-19(24)17-8-3-4-9-18(17)20/h3-9,12H,10-11,13H2,1-2H3,(H,21,24). The lowest BCUT2D eigenvalue weighted by Crippen LogP contribution is -2.37. The van der Waals surface area contributed by atoms with Crippen molar-refractivity contribution in [2.75, 3.05) is 13.1 Å². The van der Waals surface area contributed by atoms with Crippen molar-refractivity contribution in [3.8, 4) is 0 Å². The number of rotatable bonds is 6. The molecule has 0 saturated heterocycles. The number of hydrogen-bond acceptors (Lipinski definition) is 2. The fourth-order valence-corrected chi connectivity index (χ4v) is 2.42. The van der Waals surface area contributed by atoms with Crippen LogP contribution in [0.15, 0.2) is 48.5 Å². The Hall–Kier alpha value is -2.69. The average molecular weight is 328 g/mol. The van der Waals surface area contributed by atoms with Gasteiger partial charge in [0.15, 0.2) is 0 Å². The number of amides is 2. The highest BCUT2D eigenvalue weighted by Crippen LogP contribution is 2.08. The molecule has 0 heterocycles. The second-order valence-electron chi connectivity index (χ2n) is 5.67. The van der Waals surface area contributed by atoms with Gasteiger partial charge >= 0.3 is 0 Å². The molecule has 0 radical (unpaired) electrons. The number of halogens is 1. The van der Waals surface area contributed by atoms with Gasteiger partial charge in [-0.05, 0) is 24.6 Å². The van der Waals surface area contributed by atoms with Crippen LogP contribution in [0.2, 0.25) is 0 Å². The van der Waals surface area contributed by atoms with Crippen molar-refractivity contribution < 1.29 is 14.0 Å². The van der Waals surface area contributed by atoms with E-state index < -0.39 is 11.7 Å². The zero-order valence-electron chi connectivity index (χ0n) is 13.9. The molecular formula is C19H21FN2O2. The maximum Gasteiger partial charge on any atom is 0.254 e. The van der Waals surface area contributed by atoms with Crippen molar-refractivity contribution in [1.82, 2.24) is 10.2 Å². The quantitative estimate of drug-likeness (QED) is 0.886. The number of aryl methyl sites for hydroxylation is 1. The molecule has 0 bridgehead atoms. The van der Waals surface area contributed by atoms with Crippen LogP contribution in [0.25, 0.3) is 0 Å². The SMILES string of the molecule is CC(=O)N(CCNC(=O)c1ccccc1F)Cc1cccc(C)c1. The molecule has 0 spiro atoms. The van der Waals surface area contributed by atoms with Crippen LogP contribution in [0.4, 0.5) is 4.39 Å². The van der Waals surface area contributed by atoms with Gasteiger partial charge in [0, 0.05) is 26.6 Å². The number of hydrogen-bond donors (Lipinski definition) is 1. The summed E-state index contributed by atoms with van der Waals surface area (Å²) in [6.07, 6.45) is 0. The molecule has 0 aliphatic carbocycles. The van der Waals surface area contributed by atoms with Gasteiger partial charge in [0.1, 0.15) is 5.82 Å². The van der Waals surface area contributed by atoms with E-state index in [1.54, 1.807) is 11.0 Å². The van der Waals surface area contributed by atoms with Crippen LogP contribution in [-0.2, 0) is 11.3 Å². The number of nitrogens with one attached hydrogen (secondary N) is 1. The van der Waals surface area contributed by atoms with E-state index in [0.29, 0.717) is 13.1 Å². The average Bonchev–Trinajstić information content (AvgIpc) is 2.54. The third kappa shape index (κ3) is 4.91. The van der Waals surface area contributed by atoms with Gasteiger partial charge in [0.25, 0.3) is 5.91 Å². The summed E-state index contributed by atoms with van der Waals surface area (Å²) in [5.74, 6) is -1.11. The van der Waals surface area contributed by atoms with Crippen LogP contribution in [0.3, 0.4) is 0 Å². The van der Waals surface area contributed by atoms with Crippen molar-refractivity contribution in [2.24, 2.45) is 0 Å². The van der Waals surface area contributed by atoms with E-state index in [4.69, 9.17) is 0 Å². The first-order chi connectivity index (χ1) is 11.5. The molecule has 2 amide bonds. The molecule has 4 nitrogen and oxygen atoms in total. The van der Waals surface area contributed by atoms with Gasteiger partial charge < -0.3 is 10.2 Å². The topological polar surface area (TPSA) is 49.4 Å². The minimum absolute atomic E-state index is 0.00515. The predicted octanol–water partition coefficient (Wildman–Crippen LogP) is 2.91. The second kappa shape index (κ2) is 8.24. The number of nitrogens with zero attached hydrogens (tertiary/aromatic N) is 1. The van der Waals surface area contributed by atoms with E-state index >= 15 is 0 Å². The molecule has 0 fully saturated rings. The summed E-state index contributed by atoms with van der Waals surface area (Å²) in [7, 11) is 0. The minimum atomic E-state index is -0.557. The summed E-state index contributed by atoms with van der Waals surface area (Å²) < 4.78 is 13.6. The van der Waals surface area contributed by atoms with Crippen LogP contribution >= 0.6 is 0 Å². The third-order valence-electron chi connectivity index (χ3n) is 3.69. The Bertz CT molecular complexity index is 731. The predicted molar refractivity (Wildman–Crippen MR) is 91.0 cm³/mol. The van der Waals surface area contributed by atoms with Crippen LogP contribution in [0.1, 0.15) is 28.4 Å². The van der Waals surface area contributed by atoms with Gasteiger partial charge in [0.2, 0.25) is 5.91 Å². The van der Waals surface area contributed by atoms with Crippen LogP contribution in [0.5, 0.6) is 0 Å². The highest BCUT2D eigenvalue weighted by atomic mass is 19.1. The fraction of sp³-hybridized carbons (Fsp3) is 0.263. The first-order valence-corrected chi connectivity index (χ1v) is 7.81. The van der Waals surface area contributed by atoms with Crippen molar-refractivity contribution in [1.29, 1.82) is 0 Å². The summed E-state index contributed by atoms with van der Waals surface area (Å²) in [5, 5.41) is 2.65. The van der Waals surface area contributed by atoms with Gasteiger partial charge in [-0.1, -0.05) is 42.0 Å². The second-order valence-corrected chi connectivity index (χ2v) is 5.67. The Morgan fingerprint density at radius 1 is 1.12 bits per heavy atom. The summed E-state index contributed by atoms with van der Waals surface area (Å²) in [6.45, 7) is 4.60. The van der Waals surface area contributed by atoms with E-state index in [9.17, 15) is 14.0 Å². The van der Waals surface area contributed by atoms with Crippen LogP contribution in [0, 0.1) is 12.7 Å². The van der Waals surface area contributed by atoms with Crippen molar-refractivity contribution in [3.05, 3.63) is 71.0 Å². The lowest BCUT2D eigenvalue weighted by atomic mass is 10.1. The third-order valence-corrected chi connectivity index (χ3v) is 3.69. The van der Waals surface area contributed by atoms with Crippen molar-refractivity contribution in [3.63, 3.8) is 0 Å². The fourth-order valence-electron chi connectivity index (χ4n) is 2.42. The van der Waals surface area contributed by atoms with E-state index in [1.165, 1.54) is 25.1 Å². The minimum Gasteiger partial charge on any atom is -0.350 e. The van der Waals surface area contributed by atoms with Gasteiger partial charge in [-0.3, -0.25) is 9.59 Å². The molecule has 0 aliphatic rings. The Morgan fingerprint density at radius 3 is 2.54 bits per heavy atom. The number of carbonyl (C=O) groups is 2. The normalized spacial score (nSPS) is 10.3. The van der Waals surface area contributed by atoms with Crippen molar-refractivity contribution >= 4 is 11.8 Å². The van der Waals surface area contributed by atoms with Gasteiger partial charge in [-0.25, -0.2) is 4.39 Å². The van der Waals surface area contributed by atoms with Gasteiger partial charge in [-0.2, -0.15) is 0 Å². The van der Waals surface area contributed by atoms with E-state index in [-0.39, 0.29) is 18.0 Å². The largest absolute Gasteiger partial charge is 0.350 e. The Labute approximate surface area is 141 Å². The van der Waals surface area contributed by atoms with Gasteiger partial charge in [-0.15, -0.1) is 0 Å². The molecule has 2 rings (SSSR count). The van der Waals surface area contributed by atoms with Crippen LogP contribution in [-0.4, -0.2) is 29.8 Å². The maximum absolute atomic E-state index is 13.6. The summed E-state index contributed by atoms with van der Waals surface area (Å²) in [4.78, 5) is 25.4. The molecule has 2 aromatic rings. The lowest BCUT2D eigenvalue weighted by molar-refractivity contribution is -0.129. The van der Waals surface area contributed by atoms with E-state index in [1.807, 2.05) is 31.2 Å². The zero-order valence-corrected chi connectivity index (χ0v) is 13.9. The molecule has 0 aliphatic heterocycles. The lowest BCUT2D eigenvalue weighted by Gasteiger charge is -2.21. The molecule has 0 saturated carbocycles. The monoisotopic (exact) mass is 328 g/mol. The Balaban J connectivity index is 1.91. The number of benzene rings is 2. The van der Waals surface area contributed by atoms with E-state index in [0.717, 1.165) is 11.1 Å². The molecule has 126 valence electrons. The molecule has 0 unspecified atom stereocenters. The Kier molecular flexibility index (Phi) is 6.07. The highest BCUT2D eigenvalue weighted by Gasteiger charge is 2.13. The first kappa shape index (κ1) is 17.7. The summed E-state index contributed by atoms with van der Waals surface area (Å²) in [5.41, 5.74) is 2.17. The van der Waals surface area contributed by atoms with Crippen LogP contribution < -0.4 is 5.32 Å². The Morgan fingerprint density at radius 2 is 1.88 bits per heavy atom. The highest BCUT2D eigenvalue weighted by molar-refractivity contribution is 5.94. The molecule has 0 atom stereocenters. The molecule has 2 aromatic carbocycles. The maximum atomic E-state index is 13.6. The smallest absolute Gasteiger partial charge is 0.254 e.